The van der Waals surface area contributed by atoms with Crippen molar-refractivity contribution in [2.75, 3.05) is 37.9 Å². The van der Waals surface area contributed by atoms with Gasteiger partial charge in [0.25, 0.3) is 0 Å². The zero-order valence-electron chi connectivity index (χ0n) is 11.1. The van der Waals surface area contributed by atoms with Crippen LogP contribution in [0.15, 0.2) is 30.3 Å². The fourth-order valence-corrected chi connectivity index (χ4v) is 3.83. The number of hydrogen-bond donors (Lipinski definition) is 0. The number of sulfonamides is 1. The summed E-state index contributed by atoms with van der Waals surface area (Å²) in [7, 11) is -1.66. The zero-order valence-corrected chi connectivity index (χ0v) is 13.5. The minimum atomic E-state index is -3.23. The maximum absolute atomic E-state index is 12.2. The molecule has 0 aromatic heterocycles. The molecule has 0 aliphatic rings. The summed E-state index contributed by atoms with van der Waals surface area (Å²) in [5.41, 5.74) is 1.04. The van der Waals surface area contributed by atoms with Crippen LogP contribution in [0.3, 0.4) is 0 Å². The van der Waals surface area contributed by atoms with Gasteiger partial charge in [0.1, 0.15) is 0 Å². The Bertz CT molecular complexity index is 450. The molecule has 0 radical (unpaired) electrons. The third-order valence-corrected chi connectivity index (χ3v) is 4.99. The molecule has 6 heteroatoms. The SMILES string of the molecule is COCCN(CCBr)S(=O)(=O)CCc1ccccc1. The van der Waals surface area contributed by atoms with Gasteiger partial charge in [-0.3, -0.25) is 0 Å². The number of alkyl halides is 1. The molecule has 0 atom stereocenters. The van der Waals surface area contributed by atoms with Gasteiger partial charge in [-0.15, -0.1) is 0 Å². The number of aryl methyl sites for hydroxylation is 1. The lowest BCUT2D eigenvalue weighted by Crippen LogP contribution is -2.37. The van der Waals surface area contributed by atoms with E-state index in [2.05, 4.69) is 15.9 Å². The van der Waals surface area contributed by atoms with Gasteiger partial charge in [0, 0.05) is 25.5 Å². The lowest BCUT2D eigenvalue weighted by Gasteiger charge is -2.20. The van der Waals surface area contributed by atoms with Crippen molar-refractivity contribution in [3.63, 3.8) is 0 Å². The van der Waals surface area contributed by atoms with E-state index < -0.39 is 10.0 Å². The molecule has 1 aromatic rings. The monoisotopic (exact) mass is 349 g/mol. The van der Waals surface area contributed by atoms with E-state index in [1.165, 1.54) is 4.31 Å². The van der Waals surface area contributed by atoms with E-state index >= 15 is 0 Å². The summed E-state index contributed by atoms with van der Waals surface area (Å²) < 4.78 is 30.9. The predicted octanol–water partition coefficient (Wildman–Crippen LogP) is 1.90. The van der Waals surface area contributed by atoms with E-state index in [0.29, 0.717) is 31.4 Å². The predicted molar refractivity (Wildman–Crippen MR) is 81.2 cm³/mol. The molecule has 0 unspecified atom stereocenters. The van der Waals surface area contributed by atoms with Gasteiger partial charge in [0.15, 0.2) is 0 Å². The largest absolute Gasteiger partial charge is 0.383 e. The quantitative estimate of drug-likeness (QED) is 0.639. The van der Waals surface area contributed by atoms with E-state index in [0.717, 1.165) is 5.56 Å². The molecule has 1 rings (SSSR count). The lowest BCUT2D eigenvalue weighted by molar-refractivity contribution is 0.181. The Hall–Kier alpha value is -0.430. The summed E-state index contributed by atoms with van der Waals surface area (Å²) in [5.74, 6) is 0.133. The van der Waals surface area contributed by atoms with Gasteiger partial charge < -0.3 is 4.74 Å². The van der Waals surface area contributed by atoms with Crippen molar-refractivity contribution >= 4 is 26.0 Å². The van der Waals surface area contributed by atoms with Crippen LogP contribution < -0.4 is 0 Å². The number of halogens is 1. The van der Waals surface area contributed by atoms with Crippen molar-refractivity contribution in [3.05, 3.63) is 35.9 Å². The molecule has 0 fully saturated rings. The summed E-state index contributed by atoms with van der Waals surface area (Å²) in [6.45, 7) is 1.29. The highest BCUT2D eigenvalue weighted by atomic mass is 79.9. The highest BCUT2D eigenvalue weighted by molar-refractivity contribution is 9.09. The van der Waals surface area contributed by atoms with E-state index in [9.17, 15) is 8.42 Å². The fraction of sp³-hybridized carbons (Fsp3) is 0.538. The zero-order chi connectivity index (χ0) is 14.1. The first-order valence-electron chi connectivity index (χ1n) is 6.17. The molecule has 0 saturated heterocycles. The average Bonchev–Trinajstić information content (AvgIpc) is 2.42. The van der Waals surface area contributed by atoms with Gasteiger partial charge >= 0.3 is 0 Å². The highest BCUT2D eigenvalue weighted by Gasteiger charge is 2.20. The van der Waals surface area contributed by atoms with Crippen LogP contribution in [0.2, 0.25) is 0 Å². The van der Waals surface area contributed by atoms with Gasteiger partial charge in [-0.1, -0.05) is 46.3 Å². The van der Waals surface area contributed by atoms with Crippen molar-refractivity contribution in [3.8, 4) is 0 Å². The molecule has 108 valence electrons. The maximum Gasteiger partial charge on any atom is 0.214 e. The summed E-state index contributed by atoms with van der Waals surface area (Å²) in [6, 6.07) is 9.65. The third-order valence-electron chi connectivity index (χ3n) is 2.76. The number of methoxy groups -OCH3 is 1. The molecular formula is C13H20BrNO3S. The van der Waals surface area contributed by atoms with Crippen molar-refractivity contribution in [2.45, 2.75) is 6.42 Å². The summed E-state index contributed by atoms with van der Waals surface area (Å²) in [4.78, 5) is 0. The molecule has 0 bridgehead atoms. The summed E-state index contributed by atoms with van der Waals surface area (Å²) >= 11 is 3.28. The van der Waals surface area contributed by atoms with Crippen molar-refractivity contribution < 1.29 is 13.2 Å². The Morgan fingerprint density at radius 1 is 1.21 bits per heavy atom. The van der Waals surface area contributed by atoms with E-state index in [1.807, 2.05) is 30.3 Å². The molecule has 1 aromatic carbocycles. The maximum atomic E-state index is 12.2. The van der Waals surface area contributed by atoms with E-state index in [1.54, 1.807) is 7.11 Å². The smallest absolute Gasteiger partial charge is 0.214 e. The number of nitrogens with zero attached hydrogens (tertiary/aromatic N) is 1. The highest BCUT2D eigenvalue weighted by Crippen LogP contribution is 2.07. The Kier molecular flexibility index (Phi) is 7.60. The van der Waals surface area contributed by atoms with Crippen LogP contribution in [0.4, 0.5) is 0 Å². The second-order valence-electron chi connectivity index (χ2n) is 4.13. The normalized spacial score (nSPS) is 11.9. The Morgan fingerprint density at radius 3 is 2.47 bits per heavy atom. The van der Waals surface area contributed by atoms with Crippen LogP contribution in [-0.2, 0) is 21.2 Å². The lowest BCUT2D eigenvalue weighted by atomic mass is 10.2. The van der Waals surface area contributed by atoms with Crippen LogP contribution in [0, 0.1) is 0 Å². The third kappa shape index (κ3) is 6.03. The topological polar surface area (TPSA) is 46.6 Å². The van der Waals surface area contributed by atoms with E-state index in [4.69, 9.17) is 4.74 Å². The van der Waals surface area contributed by atoms with Crippen molar-refractivity contribution in [1.82, 2.24) is 4.31 Å². The Labute approximate surface area is 123 Å². The first kappa shape index (κ1) is 16.6. The van der Waals surface area contributed by atoms with E-state index in [-0.39, 0.29) is 5.75 Å². The first-order chi connectivity index (χ1) is 9.10. The van der Waals surface area contributed by atoms with Gasteiger partial charge in [-0.2, -0.15) is 4.31 Å². The van der Waals surface area contributed by atoms with Gasteiger partial charge in [-0.25, -0.2) is 8.42 Å². The van der Waals surface area contributed by atoms with Gasteiger partial charge in [-0.05, 0) is 12.0 Å². The number of rotatable bonds is 9. The molecule has 19 heavy (non-hydrogen) atoms. The minimum Gasteiger partial charge on any atom is -0.383 e. The molecule has 0 N–H and O–H groups in total. The molecule has 0 aliphatic heterocycles. The first-order valence-corrected chi connectivity index (χ1v) is 8.90. The number of ether oxygens (including phenoxy) is 1. The minimum absolute atomic E-state index is 0.133. The van der Waals surface area contributed by atoms with Crippen LogP contribution in [0.5, 0.6) is 0 Å². The standard InChI is InChI=1S/C13H20BrNO3S/c1-18-11-10-15(9-8-14)19(16,17)12-7-13-5-3-2-4-6-13/h2-6H,7-12H2,1H3. The van der Waals surface area contributed by atoms with Gasteiger partial charge in [0.05, 0.1) is 12.4 Å². The molecule has 0 aliphatic carbocycles. The van der Waals surface area contributed by atoms with Crippen LogP contribution >= 0.6 is 15.9 Å². The second-order valence-corrected chi connectivity index (χ2v) is 7.01. The Morgan fingerprint density at radius 2 is 1.89 bits per heavy atom. The summed E-state index contributed by atoms with van der Waals surface area (Å²) in [6.07, 6.45) is 0.537. The summed E-state index contributed by atoms with van der Waals surface area (Å²) in [5, 5.41) is 0.626. The molecular weight excluding hydrogens is 330 g/mol. The molecule has 4 nitrogen and oxygen atoms in total. The number of hydrogen-bond acceptors (Lipinski definition) is 3. The second kappa shape index (κ2) is 8.68. The number of benzene rings is 1. The van der Waals surface area contributed by atoms with Crippen molar-refractivity contribution in [2.24, 2.45) is 0 Å². The molecule has 0 spiro atoms. The average molecular weight is 350 g/mol. The van der Waals surface area contributed by atoms with Gasteiger partial charge in [0.2, 0.25) is 10.0 Å². The fourth-order valence-electron chi connectivity index (χ4n) is 1.70. The van der Waals surface area contributed by atoms with Crippen LogP contribution in [0.1, 0.15) is 5.56 Å². The van der Waals surface area contributed by atoms with Crippen molar-refractivity contribution in [1.29, 1.82) is 0 Å². The van der Waals surface area contributed by atoms with Crippen LogP contribution in [0.25, 0.3) is 0 Å². The molecule has 0 heterocycles. The molecule has 0 saturated carbocycles. The van der Waals surface area contributed by atoms with Crippen LogP contribution in [-0.4, -0.2) is 50.6 Å². The molecule has 0 amide bonds. The Balaban J connectivity index is 2.61.